The molecule has 1 amide bonds. The number of esters is 1. The second-order valence-electron chi connectivity index (χ2n) is 5.16. The third-order valence-corrected chi connectivity index (χ3v) is 3.43. The summed E-state index contributed by atoms with van der Waals surface area (Å²) in [7, 11) is 1.20. The summed E-state index contributed by atoms with van der Waals surface area (Å²) in [6.07, 6.45) is 1.76. The Kier molecular flexibility index (Phi) is 7.37. The second kappa shape index (κ2) is 9.02. The van der Waals surface area contributed by atoms with Crippen molar-refractivity contribution in [2.75, 3.05) is 20.2 Å². The highest BCUT2D eigenvalue weighted by molar-refractivity contribution is 5.89. The zero-order chi connectivity index (χ0) is 17.4. The molecule has 0 spiro atoms. The van der Waals surface area contributed by atoms with Gasteiger partial charge in [0.05, 0.1) is 19.2 Å². The van der Waals surface area contributed by atoms with Crippen LogP contribution < -0.4 is 5.73 Å². The molecule has 0 radical (unpaired) electrons. The molecule has 1 heterocycles. The normalized spacial score (nSPS) is 23.1. The van der Waals surface area contributed by atoms with E-state index < -0.39 is 24.2 Å². The van der Waals surface area contributed by atoms with Crippen molar-refractivity contribution in [1.29, 1.82) is 0 Å². The summed E-state index contributed by atoms with van der Waals surface area (Å²) in [5.41, 5.74) is 14.7. The fourth-order valence-corrected chi connectivity index (χ4v) is 2.35. The van der Waals surface area contributed by atoms with Crippen molar-refractivity contribution < 1.29 is 19.1 Å². The van der Waals surface area contributed by atoms with Crippen molar-refractivity contribution in [1.82, 2.24) is 4.90 Å². The van der Waals surface area contributed by atoms with E-state index in [1.54, 1.807) is 4.90 Å². The zero-order valence-electron chi connectivity index (χ0n) is 13.6. The van der Waals surface area contributed by atoms with Gasteiger partial charge in [-0.3, -0.25) is 4.79 Å². The van der Waals surface area contributed by atoms with Gasteiger partial charge < -0.3 is 20.1 Å². The minimum absolute atomic E-state index is 0.169. The van der Waals surface area contributed by atoms with Crippen LogP contribution in [0, 0.1) is 0 Å². The Morgan fingerprint density at radius 2 is 2.04 bits per heavy atom. The lowest BCUT2D eigenvalue weighted by Gasteiger charge is -2.34. The number of hydrogen-bond acceptors (Lipinski definition) is 6. The van der Waals surface area contributed by atoms with Gasteiger partial charge in [-0.1, -0.05) is 19.0 Å². The van der Waals surface area contributed by atoms with Gasteiger partial charge in [0, 0.05) is 18.0 Å². The molecule has 0 aromatic heterocycles. The Labute approximate surface area is 135 Å². The van der Waals surface area contributed by atoms with Crippen molar-refractivity contribution in [3.05, 3.63) is 22.3 Å². The van der Waals surface area contributed by atoms with Crippen LogP contribution in [-0.4, -0.2) is 55.2 Å². The summed E-state index contributed by atoms with van der Waals surface area (Å²) in [6, 6.07) is -1.73. The van der Waals surface area contributed by atoms with Crippen LogP contribution in [0.25, 0.3) is 10.4 Å². The smallest absolute Gasteiger partial charge is 0.373 e. The van der Waals surface area contributed by atoms with Gasteiger partial charge in [-0.2, -0.15) is 0 Å². The van der Waals surface area contributed by atoms with Crippen molar-refractivity contribution >= 4 is 11.9 Å². The molecule has 0 fully saturated rings. The molecule has 9 nitrogen and oxygen atoms in total. The average molecular weight is 325 g/mol. The molecule has 1 aliphatic heterocycles. The van der Waals surface area contributed by atoms with Gasteiger partial charge in [0.1, 0.15) is 0 Å². The number of azide groups is 1. The van der Waals surface area contributed by atoms with Gasteiger partial charge in [0.25, 0.3) is 5.91 Å². The predicted molar refractivity (Wildman–Crippen MR) is 83.0 cm³/mol. The minimum Gasteiger partial charge on any atom is -0.472 e. The van der Waals surface area contributed by atoms with Crippen molar-refractivity contribution in [2.24, 2.45) is 10.8 Å². The summed E-state index contributed by atoms with van der Waals surface area (Å²) in [4.78, 5) is 28.7. The Bertz CT molecular complexity index is 509. The maximum atomic E-state index is 12.7. The first-order valence-corrected chi connectivity index (χ1v) is 7.55. The summed E-state index contributed by atoms with van der Waals surface area (Å²) in [6.45, 7) is 5.03. The van der Waals surface area contributed by atoms with Crippen LogP contribution in [0.3, 0.4) is 0 Å². The molecule has 1 aliphatic rings. The Morgan fingerprint density at radius 3 is 2.52 bits per heavy atom. The van der Waals surface area contributed by atoms with Crippen LogP contribution in [0.4, 0.5) is 0 Å². The molecule has 23 heavy (non-hydrogen) atoms. The molecule has 3 atom stereocenters. The Balaban J connectivity index is 3.08. The maximum absolute atomic E-state index is 12.7. The second-order valence-corrected chi connectivity index (χ2v) is 5.16. The van der Waals surface area contributed by atoms with E-state index in [1.165, 1.54) is 13.2 Å². The molecular formula is C14H23N5O4. The van der Waals surface area contributed by atoms with Crippen LogP contribution in [0.5, 0.6) is 0 Å². The molecule has 128 valence electrons. The number of amides is 1. The standard InChI is InChI=1S/C14H23N5O4/c1-4-6-19(7-5-2)13(20)12-11(15)9(17-18-16)8-10(23-12)14(21)22-3/h8-9,11-12H,4-7,15H2,1-3H3/t9-,11+,12+/m0/s1. The highest BCUT2D eigenvalue weighted by atomic mass is 16.6. The van der Waals surface area contributed by atoms with Crippen molar-refractivity contribution in [2.45, 2.75) is 44.9 Å². The lowest BCUT2D eigenvalue weighted by atomic mass is 9.98. The Hall–Kier alpha value is -2.25. The maximum Gasteiger partial charge on any atom is 0.373 e. The highest BCUT2D eigenvalue weighted by Crippen LogP contribution is 2.22. The molecule has 0 aromatic rings. The van der Waals surface area contributed by atoms with Gasteiger partial charge >= 0.3 is 5.97 Å². The van der Waals surface area contributed by atoms with E-state index in [-0.39, 0.29) is 11.7 Å². The monoisotopic (exact) mass is 325 g/mol. The van der Waals surface area contributed by atoms with E-state index in [1.807, 2.05) is 13.8 Å². The van der Waals surface area contributed by atoms with Gasteiger partial charge in [-0.15, -0.1) is 0 Å². The van der Waals surface area contributed by atoms with E-state index in [2.05, 4.69) is 14.8 Å². The van der Waals surface area contributed by atoms with Crippen LogP contribution in [0.2, 0.25) is 0 Å². The summed E-state index contributed by atoms with van der Waals surface area (Å²) >= 11 is 0. The number of nitrogens with two attached hydrogens (primary N) is 1. The molecule has 0 bridgehead atoms. The van der Waals surface area contributed by atoms with Gasteiger partial charge in [-0.05, 0) is 24.4 Å². The fourth-order valence-electron chi connectivity index (χ4n) is 2.35. The number of rotatable bonds is 7. The van der Waals surface area contributed by atoms with E-state index in [0.29, 0.717) is 13.1 Å². The molecule has 1 rings (SSSR count). The molecule has 0 unspecified atom stereocenters. The summed E-state index contributed by atoms with van der Waals surface area (Å²) < 4.78 is 10.1. The van der Waals surface area contributed by atoms with Crippen LogP contribution >= 0.6 is 0 Å². The molecule has 2 N–H and O–H groups in total. The van der Waals surface area contributed by atoms with Crippen LogP contribution in [-0.2, 0) is 19.1 Å². The fraction of sp³-hybridized carbons (Fsp3) is 0.714. The van der Waals surface area contributed by atoms with E-state index in [9.17, 15) is 9.59 Å². The number of hydrogen-bond donors (Lipinski definition) is 1. The predicted octanol–water partition coefficient (Wildman–Crippen LogP) is 1.10. The number of carbonyl (C=O) groups is 2. The molecule has 0 saturated carbocycles. The lowest BCUT2D eigenvalue weighted by molar-refractivity contribution is -0.149. The third kappa shape index (κ3) is 4.61. The quantitative estimate of drug-likeness (QED) is 0.324. The van der Waals surface area contributed by atoms with E-state index >= 15 is 0 Å². The van der Waals surface area contributed by atoms with Gasteiger partial charge in [-0.25, -0.2) is 4.79 Å². The topological polar surface area (TPSA) is 131 Å². The number of carbonyl (C=O) groups excluding carboxylic acids is 2. The van der Waals surface area contributed by atoms with Crippen molar-refractivity contribution in [3.63, 3.8) is 0 Å². The SMILES string of the molecule is CCCN(CCC)C(=O)[C@@H]1OC(C(=O)OC)=C[C@H](N=[N+]=[N-])[C@H]1N. The first-order chi connectivity index (χ1) is 11.0. The zero-order valence-corrected chi connectivity index (χ0v) is 13.6. The lowest BCUT2D eigenvalue weighted by Crippen LogP contribution is -2.56. The number of ether oxygens (including phenoxy) is 2. The molecular weight excluding hydrogens is 302 g/mol. The van der Waals surface area contributed by atoms with Crippen LogP contribution in [0.15, 0.2) is 16.9 Å². The highest BCUT2D eigenvalue weighted by Gasteiger charge is 2.40. The largest absolute Gasteiger partial charge is 0.472 e. The van der Waals surface area contributed by atoms with Crippen LogP contribution in [0.1, 0.15) is 26.7 Å². The Morgan fingerprint density at radius 1 is 1.43 bits per heavy atom. The average Bonchev–Trinajstić information content (AvgIpc) is 2.55. The van der Waals surface area contributed by atoms with Gasteiger partial charge in [0.15, 0.2) is 6.10 Å². The van der Waals surface area contributed by atoms with Gasteiger partial charge in [0.2, 0.25) is 5.76 Å². The number of nitrogens with zero attached hydrogens (tertiary/aromatic N) is 4. The molecule has 0 saturated heterocycles. The first-order valence-electron chi connectivity index (χ1n) is 7.55. The molecule has 0 aromatic carbocycles. The third-order valence-electron chi connectivity index (χ3n) is 3.43. The van der Waals surface area contributed by atoms with E-state index in [0.717, 1.165) is 12.8 Å². The van der Waals surface area contributed by atoms with Crippen molar-refractivity contribution in [3.8, 4) is 0 Å². The summed E-state index contributed by atoms with van der Waals surface area (Å²) in [5.74, 6) is -1.24. The number of methoxy groups -OCH3 is 1. The van der Waals surface area contributed by atoms with E-state index in [4.69, 9.17) is 16.0 Å². The molecule has 9 heteroatoms. The molecule has 0 aliphatic carbocycles. The minimum atomic E-state index is -1.09. The summed E-state index contributed by atoms with van der Waals surface area (Å²) in [5, 5.41) is 3.54. The first kappa shape index (κ1) is 18.8.